The van der Waals surface area contributed by atoms with Crippen molar-refractivity contribution in [1.82, 2.24) is 9.88 Å². The van der Waals surface area contributed by atoms with Gasteiger partial charge in [0.15, 0.2) is 0 Å². The molecule has 7 heteroatoms. The average molecular weight is 390 g/mol. The normalized spacial score (nSPS) is 17.7. The average Bonchev–Trinajstić information content (AvgIpc) is 3.24. The third-order valence-corrected chi connectivity index (χ3v) is 5.88. The minimum atomic E-state index is -0.494. The van der Waals surface area contributed by atoms with Gasteiger partial charge in [0, 0.05) is 5.02 Å². The van der Waals surface area contributed by atoms with Crippen LogP contribution in [0.5, 0.6) is 0 Å². The Morgan fingerprint density at radius 3 is 3.04 bits per heavy atom. The van der Waals surface area contributed by atoms with Gasteiger partial charge in [-0.25, -0.2) is 9.37 Å². The highest BCUT2D eigenvalue weighted by molar-refractivity contribution is 7.18. The van der Waals surface area contributed by atoms with Crippen molar-refractivity contribution < 1.29 is 9.18 Å². The van der Waals surface area contributed by atoms with Crippen molar-refractivity contribution in [3.05, 3.63) is 58.3 Å². The van der Waals surface area contributed by atoms with Gasteiger partial charge in [0.1, 0.15) is 10.8 Å². The summed E-state index contributed by atoms with van der Waals surface area (Å²) in [5.41, 5.74) is 1.10. The van der Waals surface area contributed by atoms with Gasteiger partial charge in [0.25, 0.3) is 0 Å². The van der Waals surface area contributed by atoms with E-state index in [2.05, 4.69) is 16.3 Å². The van der Waals surface area contributed by atoms with Crippen molar-refractivity contribution in [1.29, 1.82) is 0 Å². The molecule has 1 N–H and O–H groups in total. The van der Waals surface area contributed by atoms with Gasteiger partial charge in [-0.2, -0.15) is 0 Å². The minimum absolute atomic E-state index is 0.109. The molecule has 26 heavy (non-hydrogen) atoms. The van der Waals surface area contributed by atoms with Crippen molar-refractivity contribution in [3.63, 3.8) is 0 Å². The molecular weight excluding hydrogens is 373 g/mol. The first-order valence-corrected chi connectivity index (χ1v) is 9.64. The van der Waals surface area contributed by atoms with Gasteiger partial charge in [0.2, 0.25) is 5.91 Å². The molecule has 4 nitrogen and oxygen atoms in total. The lowest BCUT2D eigenvalue weighted by molar-refractivity contribution is -0.117. The maximum Gasteiger partial charge on any atom is 0.238 e. The molecule has 1 aliphatic heterocycles. The van der Waals surface area contributed by atoms with Crippen LogP contribution in [-0.4, -0.2) is 28.9 Å². The molecule has 2 heterocycles. The van der Waals surface area contributed by atoms with Crippen molar-refractivity contribution in [3.8, 4) is 0 Å². The molecule has 0 aliphatic carbocycles. The lowest BCUT2D eigenvalue weighted by Crippen LogP contribution is -2.33. The molecule has 1 aliphatic rings. The van der Waals surface area contributed by atoms with Gasteiger partial charge in [-0.05, 0) is 49.7 Å². The number of carbonyl (C=O) groups excluding carboxylic acids is 1. The predicted molar refractivity (Wildman–Crippen MR) is 103 cm³/mol. The first kappa shape index (κ1) is 17.4. The maximum atomic E-state index is 13.8. The zero-order valence-electron chi connectivity index (χ0n) is 13.9. The van der Waals surface area contributed by atoms with Crippen molar-refractivity contribution in [2.45, 2.75) is 18.9 Å². The third-order valence-electron chi connectivity index (χ3n) is 4.51. The summed E-state index contributed by atoms with van der Waals surface area (Å²) < 4.78 is 15.0. The van der Waals surface area contributed by atoms with E-state index >= 15 is 0 Å². The Morgan fingerprint density at radius 1 is 1.35 bits per heavy atom. The second-order valence-corrected chi connectivity index (χ2v) is 7.82. The number of aromatic nitrogens is 1. The molecule has 1 saturated heterocycles. The minimum Gasteiger partial charge on any atom is -0.322 e. The van der Waals surface area contributed by atoms with Crippen LogP contribution in [0.25, 0.3) is 10.2 Å². The summed E-state index contributed by atoms with van der Waals surface area (Å²) >= 11 is 7.55. The van der Waals surface area contributed by atoms with Crippen LogP contribution in [-0.2, 0) is 4.79 Å². The van der Waals surface area contributed by atoms with E-state index in [4.69, 9.17) is 16.6 Å². The second-order valence-electron chi connectivity index (χ2n) is 6.32. The number of hydrogen-bond acceptors (Lipinski definition) is 4. The van der Waals surface area contributed by atoms with E-state index in [-0.39, 0.29) is 24.2 Å². The molecule has 3 aromatic rings. The zero-order chi connectivity index (χ0) is 18.1. The lowest BCUT2D eigenvalue weighted by atomic mass is 10.2. The number of amides is 1. The number of rotatable bonds is 4. The smallest absolute Gasteiger partial charge is 0.238 e. The van der Waals surface area contributed by atoms with Crippen LogP contribution >= 0.6 is 22.9 Å². The number of fused-ring (bicyclic) bond motifs is 1. The summed E-state index contributed by atoms with van der Waals surface area (Å²) in [6.07, 6.45) is 1.98. The molecular formula is C19H17ClFN3OS. The van der Waals surface area contributed by atoms with Gasteiger partial charge in [0.05, 0.1) is 28.5 Å². The summed E-state index contributed by atoms with van der Waals surface area (Å²) in [5, 5.41) is 4.04. The molecule has 1 amide bonds. The Hall–Kier alpha value is -2.02. The summed E-state index contributed by atoms with van der Waals surface area (Å²) in [7, 11) is 0. The monoisotopic (exact) mass is 389 g/mol. The molecule has 0 spiro atoms. The highest BCUT2D eigenvalue weighted by Crippen LogP contribution is 2.36. The lowest BCUT2D eigenvalue weighted by Gasteiger charge is -2.22. The van der Waals surface area contributed by atoms with E-state index in [1.165, 1.54) is 18.2 Å². The highest BCUT2D eigenvalue weighted by Gasteiger charge is 2.30. The topological polar surface area (TPSA) is 45.2 Å². The van der Waals surface area contributed by atoms with Crippen LogP contribution in [0.1, 0.15) is 23.9 Å². The Morgan fingerprint density at radius 2 is 2.19 bits per heavy atom. The van der Waals surface area contributed by atoms with E-state index in [1.54, 1.807) is 11.3 Å². The van der Waals surface area contributed by atoms with Gasteiger partial charge in [-0.1, -0.05) is 23.7 Å². The Labute approximate surface area is 159 Å². The number of nitrogens with one attached hydrogen (secondary N) is 1. The van der Waals surface area contributed by atoms with Crippen molar-refractivity contribution in [2.75, 3.05) is 18.4 Å². The quantitative estimate of drug-likeness (QED) is 0.692. The van der Waals surface area contributed by atoms with Crippen molar-refractivity contribution in [2.24, 2.45) is 0 Å². The molecule has 1 aromatic heterocycles. The SMILES string of the molecule is O=C(CN1CCC[C@H]1c1nc2ccccc2s1)Nc1cc(Cl)ccc1F. The summed E-state index contributed by atoms with van der Waals surface area (Å²) in [6, 6.07) is 12.3. The number of halogens is 2. The fraction of sp³-hybridized carbons (Fsp3) is 0.263. The van der Waals surface area contributed by atoms with E-state index in [1.807, 2.05) is 18.2 Å². The van der Waals surface area contributed by atoms with Crippen LogP contribution in [0.15, 0.2) is 42.5 Å². The molecule has 4 rings (SSSR count). The first-order chi connectivity index (χ1) is 12.6. The molecule has 0 radical (unpaired) electrons. The zero-order valence-corrected chi connectivity index (χ0v) is 15.5. The molecule has 0 bridgehead atoms. The Balaban J connectivity index is 1.48. The number of likely N-dealkylation sites (tertiary alicyclic amines) is 1. The molecule has 2 aromatic carbocycles. The number of anilines is 1. The van der Waals surface area contributed by atoms with E-state index in [0.717, 1.165) is 34.6 Å². The fourth-order valence-corrected chi connectivity index (χ4v) is 4.60. The van der Waals surface area contributed by atoms with Crippen LogP contribution < -0.4 is 5.32 Å². The maximum absolute atomic E-state index is 13.8. The summed E-state index contributed by atoms with van der Waals surface area (Å²) in [6.45, 7) is 1.03. The van der Waals surface area contributed by atoms with E-state index in [9.17, 15) is 9.18 Å². The van der Waals surface area contributed by atoms with E-state index < -0.39 is 5.82 Å². The van der Waals surface area contributed by atoms with Crippen LogP contribution in [0, 0.1) is 5.82 Å². The Kier molecular flexibility index (Phi) is 4.89. The van der Waals surface area contributed by atoms with Gasteiger partial charge in [-0.3, -0.25) is 9.69 Å². The number of thiazole rings is 1. The number of benzene rings is 2. The number of para-hydroxylation sites is 1. The van der Waals surface area contributed by atoms with Gasteiger partial charge in [-0.15, -0.1) is 11.3 Å². The predicted octanol–water partition coefficient (Wildman–Crippen LogP) is 4.86. The number of nitrogens with zero attached hydrogens (tertiary/aromatic N) is 2. The van der Waals surface area contributed by atoms with Crippen LogP contribution in [0.3, 0.4) is 0 Å². The molecule has 134 valence electrons. The highest BCUT2D eigenvalue weighted by atomic mass is 35.5. The van der Waals surface area contributed by atoms with Crippen LogP contribution in [0.2, 0.25) is 5.02 Å². The van der Waals surface area contributed by atoms with Gasteiger partial charge < -0.3 is 5.32 Å². The molecule has 0 unspecified atom stereocenters. The largest absolute Gasteiger partial charge is 0.322 e. The first-order valence-electron chi connectivity index (χ1n) is 8.44. The molecule has 1 fully saturated rings. The van der Waals surface area contributed by atoms with Crippen LogP contribution in [0.4, 0.5) is 10.1 Å². The third kappa shape index (κ3) is 3.58. The molecule has 1 atom stereocenters. The number of hydrogen-bond donors (Lipinski definition) is 1. The Bertz CT molecular complexity index is 928. The molecule has 0 saturated carbocycles. The second kappa shape index (κ2) is 7.31. The standard InChI is InChI=1S/C19H17ClFN3OS/c20-12-7-8-13(21)15(10-12)22-18(25)11-24-9-3-5-16(24)19-23-14-4-1-2-6-17(14)26-19/h1-2,4,6-8,10,16H,3,5,9,11H2,(H,22,25)/t16-/m0/s1. The summed E-state index contributed by atoms with van der Waals surface area (Å²) in [4.78, 5) is 19.2. The van der Waals surface area contributed by atoms with E-state index in [0.29, 0.717) is 5.02 Å². The fourth-order valence-electron chi connectivity index (χ4n) is 3.30. The summed E-state index contributed by atoms with van der Waals surface area (Å²) in [5.74, 6) is -0.744. The van der Waals surface area contributed by atoms with Gasteiger partial charge >= 0.3 is 0 Å². The van der Waals surface area contributed by atoms with Crippen molar-refractivity contribution >= 4 is 44.7 Å². The number of carbonyl (C=O) groups is 1.